The Morgan fingerprint density at radius 2 is 2.36 bits per heavy atom. The molecule has 0 aromatic heterocycles. The maximum absolute atomic E-state index is 11.4. The van der Waals surface area contributed by atoms with Crippen molar-refractivity contribution in [1.29, 1.82) is 0 Å². The van der Waals surface area contributed by atoms with E-state index < -0.39 is 10.8 Å². The number of allylic oxidation sites excluding steroid dienone is 3. The summed E-state index contributed by atoms with van der Waals surface area (Å²) in [4.78, 5) is 0. The molecule has 2 unspecified atom stereocenters. The van der Waals surface area contributed by atoms with Gasteiger partial charge in [0.2, 0.25) is 0 Å². The van der Waals surface area contributed by atoms with Crippen molar-refractivity contribution in [3.05, 3.63) is 36.3 Å². The molecule has 0 amide bonds. The van der Waals surface area contributed by atoms with Gasteiger partial charge >= 0.3 is 0 Å². The van der Waals surface area contributed by atoms with Crippen molar-refractivity contribution in [3.8, 4) is 0 Å². The lowest BCUT2D eigenvalue weighted by atomic mass is 10.0. The highest BCUT2D eigenvalue weighted by Gasteiger charge is 2.26. The van der Waals surface area contributed by atoms with Crippen molar-refractivity contribution in [2.24, 2.45) is 0 Å². The van der Waals surface area contributed by atoms with Gasteiger partial charge in [0.25, 0.3) is 0 Å². The average Bonchev–Trinajstić information content (AvgIpc) is 2.04. The van der Waals surface area contributed by atoms with Crippen molar-refractivity contribution in [2.75, 3.05) is 0 Å². The van der Waals surface area contributed by atoms with E-state index in [0.717, 1.165) is 6.42 Å². The Labute approximate surface area is 70.0 Å². The molecule has 0 aromatic rings. The van der Waals surface area contributed by atoms with Crippen LogP contribution in [-0.2, 0) is 10.8 Å². The van der Waals surface area contributed by atoms with Crippen LogP contribution in [0.25, 0.3) is 0 Å². The van der Waals surface area contributed by atoms with Crippen LogP contribution in [-0.4, -0.2) is 8.96 Å². The van der Waals surface area contributed by atoms with Crippen LogP contribution in [0.4, 0.5) is 0 Å². The minimum Gasteiger partial charge on any atom is -0.254 e. The van der Waals surface area contributed by atoms with Crippen LogP contribution < -0.4 is 0 Å². The molecular weight excluding hydrogens is 156 g/mol. The van der Waals surface area contributed by atoms with E-state index in [1.165, 1.54) is 5.41 Å². The SMILES string of the molecule is C=CS(=O)C1(C)C=CC=CC1. The van der Waals surface area contributed by atoms with Crippen LogP contribution in [0.5, 0.6) is 0 Å². The molecule has 0 N–H and O–H groups in total. The number of rotatable bonds is 2. The van der Waals surface area contributed by atoms with Crippen molar-refractivity contribution < 1.29 is 4.21 Å². The van der Waals surface area contributed by atoms with E-state index in [1.807, 2.05) is 31.2 Å². The molecule has 0 saturated carbocycles. The lowest BCUT2D eigenvalue weighted by Crippen LogP contribution is -2.26. The summed E-state index contributed by atoms with van der Waals surface area (Å²) in [7, 11) is -0.953. The average molecular weight is 168 g/mol. The van der Waals surface area contributed by atoms with E-state index in [0.29, 0.717) is 0 Å². The molecule has 0 fully saturated rings. The summed E-state index contributed by atoms with van der Waals surface area (Å²) in [6.07, 6.45) is 8.75. The van der Waals surface area contributed by atoms with E-state index in [2.05, 4.69) is 6.58 Å². The first kappa shape index (κ1) is 8.47. The third-order valence-electron chi connectivity index (χ3n) is 1.83. The summed E-state index contributed by atoms with van der Waals surface area (Å²) in [6.45, 7) is 5.50. The van der Waals surface area contributed by atoms with Crippen molar-refractivity contribution in [1.82, 2.24) is 0 Å². The van der Waals surface area contributed by atoms with E-state index in [4.69, 9.17) is 0 Å². The third-order valence-corrected chi connectivity index (χ3v) is 3.35. The van der Waals surface area contributed by atoms with Crippen LogP contribution in [0, 0.1) is 0 Å². The molecule has 0 spiro atoms. The topological polar surface area (TPSA) is 17.1 Å². The van der Waals surface area contributed by atoms with Crippen molar-refractivity contribution >= 4 is 10.8 Å². The Bertz CT molecular complexity index is 240. The van der Waals surface area contributed by atoms with Gasteiger partial charge in [-0.15, -0.1) is 0 Å². The molecule has 0 radical (unpaired) electrons. The second-order valence-corrected chi connectivity index (χ2v) is 4.63. The van der Waals surface area contributed by atoms with Gasteiger partial charge in [-0.1, -0.05) is 30.9 Å². The molecule has 2 heteroatoms. The smallest absolute Gasteiger partial charge is 0.0687 e. The normalized spacial score (nSPS) is 31.7. The standard InChI is InChI=1S/C9H12OS/c1-3-11(10)9(2)7-5-4-6-8-9/h3-7H,1,8H2,2H3. The first-order chi connectivity index (χ1) is 5.19. The van der Waals surface area contributed by atoms with E-state index >= 15 is 0 Å². The summed E-state index contributed by atoms with van der Waals surface area (Å²) in [6, 6.07) is 0. The second kappa shape index (κ2) is 3.18. The van der Waals surface area contributed by atoms with Gasteiger partial charge in [-0.3, -0.25) is 4.21 Å². The van der Waals surface area contributed by atoms with Gasteiger partial charge in [0.1, 0.15) is 0 Å². The Hall–Kier alpha value is -0.630. The maximum Gasteiger partial charge on any atom is 0.0687 e. The van der Waals surface area contributed by atoms with Gasteiger partial charge < -0.3 is 0 Å². The second-order valence-electron chi connectivity index (χ2n) is 2.77. The highest BCUT2D eigenvalue weighted by molar-refractivity contribution is 7.89. The summed E-state index contributed by atoms with van der Waals surface area (Å²) < 4.78 is 11.2. The Kier molecular flexibility index (Phi) is 2.45. The van der Waals surface area contributed by atoms with Gasteiger partial charge in [0.05, 0.1) is 15.5 Å². The zero-order valence-corrected chi connectivity index (χ0v) is 7.43. The van der Waals surface area contributed by atoms with Crippen LogP contribution in [0.15, 0.2) is 36.3 Å². The predicted molar refractivity (Wildman–Crippen MR) is 49.6 cm³/mol. The molecule has 60 valence electrons. The zero-order valence-electron chi connectivity index (χ0n) is 6.62. The molecule has 0 aromatic carbocycles. The Morgan fingerprint density at radius 1 is 1.64 bits per heavy atom. The van der Waals surface area contributed by atoms with Crippen molar-refractivity contribution in [2.45, 2.75) is 18.1 Å². The maximum atomic E-state index is 11.4. The van der Waals surface area contributed by atoms with Crippen LogP contribution in [0.3, 0.4) is 0 Å². The highest BCUT2D eigenvalue weighted by Crippen LogP contribution is 2.24. The summed E-state index contributed by atoms with van der Waals surface area (Å²) in [5.41, 5.74) is 0. The molecular formula is C9H12OS. The fourth-order valence-electron chi connectivity index (χ4n) is 1.05. The number of hydrogen-bond acceptors (Lipinski definition) is 1. The molecule has 0 bridgehead atoms. The minimum atomic E-state index is -0.953. The largest absolute Gasteiger partial charge is 0.254 e. The van der Waals surface area contributed by atoms with Crippen LogP contribution in [0.2, 0.25) is 0 Å². The van der Waals surface area contributed by atoms with Gasteiger partial charge in [0.15, 0.2) is 0 Å². The van der Waals surface area contributed by atoms with Crippen LogP contribution in [0.1, 0.15) is 13.3 Å². The molecule has 1 aliphatic rings. The Morgan fingerprint density at radius 3 is 2.82 bits per heavy atom. The lowest BCUT2D eigenvalue weighted by molar-refractivity contribution is 0.658. The summed E-state index contributed by atoms with van der Waals surface area (Å²) in [5.74, 6) is 0. The zero-order chi connectivity index (χ0) is 8.32. The summed E-state index contributed by atoms with van der Waals surface area (Å²) >= 11 is 0. The van der Waals surface area contributed by atoms with E-state index in [-0.39, 0.29) is 4.75 Å². The van der Waals surface area contributed by atoms with Gasteiger partial charge in [-0.05, 0) is 18.8 Å². The molecule has 11 heavy (non-hydrogen) atoms. The van der Waals surface area contributed by atoms with Gasteiger partial charge in [-0.2, -0.15) is 0 Å². The van der Waals surface area contributed by atoms with Gasteiger partial charge in [-0.25, -0.2) is 0 Å². The fourth-order valence-corrected chi connectivity index (χ4v) is 1.90. The van der Waals surface area contributed by atoms with Gasteiger partial charge in [0, 0.05) is 0 Å². The fraction of sp³-hybridized carbons (Fsp3) is 0.333. The Balaban J connectivity index is 2.83. The summed E-state index contributed by atoms with van der Waals surface area (Å²) in [5, 5.41) is 1.50. The quantitative estimate of drug-likeness (QED) is 0.617. The monoisotopic (exact) mass is 168 g/mol. The van der Waals surface area contributed by atoms with E-state index in [9.17, 15) is 4.21 Å². The minimum absolute atomic E-state index is 0.226. The predicted octanol–water partition coefficient (Wildman–Crippen LogP) is 2.15. The molecule has 0 heterocycles. The molecule has 1 aliphatic carbocycles. The van der Waals surface area contributed by atoms with E-state index in [1.54, 1.807) is 0 Å². The molecule has 1 nitrogen and oxygen atoms in total. The molecule has 2 atom stereocenters. The first-order valence-corrected chi connectivity index (χ1v) is 4.78. The molecule has 1 rings (SSSR count). The highest BCUT2D eigenvalue weighted by atomic mass is 32.2. The first-order valence-electron chi connectivity index (χ1n) is 3.57. The number of hydrogen-bond donors (Lipinski definition) is 0. The molecule has 0 saturated heterocycles. The van der Waals surface area contributed by atoms with Crippen LogP contribution >= 0.6 is 0 Å². The third kappa shape index (κ3) is 1.69. The lowest BCUT2D eigenvalue weighted by Gasteiger charge is -2.23. The molecule has 0 aliphatic heterocycles. The van der Waals surface area contributed by atoms with Crippen molar-refractivity contribution in [3.63, 3.8) is 0 Å².